The summed E-state index contributed by atoms with van der Waals surface area (Å²) in [7, 11) is 1.59. The first kappa shape index (κ1) is 18.5. The van der Waals surface area contributed by atoms with Gasteiger partial charge in [-0.05, 0) is 60.7 Å². The van der Waals surface area contributed by atoms with Crippen LogP contribution in [0.2, 0.25) is 0 Å². The summed E-state index contributed by atoms with van der Waals surface area (Å²) in [5.74, 6) is 1.14. The van der Waals surface area contributed by atoms with Gasteiger partial charge in [0.1, 0.15) is 0 Å². The van der Waals surface area contributed by atoms with Crippen molar-refractivity contribution < 1.29 is 14.3 Å². The summed E-state index contributed by atoms with van der Waals surface area (Å²) >= 11 is 4.72. The molecule has 0 saturated carbocycles. The van der Waals surface area contributed by atoms with Crippen molar-refractivity contribution in [3.8, 4) is 11.5 Å². The second-order valence-electron chi connectivity index (χ2n) is 5.30. The van der Waals surface area contributed by atoms with Crippen LogP contribution in [0.25, 0.3) is 6.08 Å². The highest BCUT2D eigenvalue weighted by Gasteiger charge is 2.24. The molecular formula is C19H17BrN2O3S. The zero-order valence-corrected chi connectivity index (χ0v) is 16.7. The number of carbonyl (C=O) groups excluding carboxylic acids is 1. The number of hydrogen-bond donors (Lipinski definition) is 1. The van der Waals surface area contributed by atoms with Crippen LogP contribution in [0.3, 0.4) is 0 Å². The molecule has 0 bridgehead atoms. The van der Waals surface area contributed by atoms with Crippen molar-refractivity contribution in [1.82, 2.24) is 5.32 Å². The van der Waals surface area contributed by atoms with Gasteiger partial charge >= 0.3 is 0 Å². The number of benzene rings is 2. The number of ether oxygens (including phenoxy) is 2. The van der Waals surface area contributed by atoms with Crippen molar-refractivity contribution in [2.45, 2.75) is 6.92 Å². The predicted molar refractivity (Wildman–Crippen MR) is 109 cm³/mol. The first-order valence-corrected chi connectivity index (χ1v) is 9.56. The molecule has 1 N–H and O–H groups in total. The molecule has 1 heterocycles. The Labute approximate surface area is 164 Å². The van der Waals surface area contributed by atoms with Crippen LogP contribution < -0.4 is 14.8 Å². The average molecular weight is 433 g/mol. The van der Waals surface area contributed by atoms with Crippen LogP contribution >= 0.6 is 27.7 Å². The van der Waals surface area contributed by atoms with Crippen LogP contribution in [0, 0.1) is 0 Å². The number of thioether (sulfide) groups is 1. The number of hydrogen-bond acceptors (Lipinski definition) is 5. The average Bonchev–Trinajstić information content (AvgIpc) is 2.95. The number of nitrogens with one attached hydrogen (secondary N) is 1. The molecule has 1 aliphatic rings. The van der Waals surface area contributed by atoms with Gasteiger partial charge in [0, 0.05) is 4.47 Å². The zero-order valence-electron chi connectivity index (χ0n) is 14.3. The lowest BCUT2D eigenvalue weighted by Crippen LogP contribution is -2.19. The van der Waals surface area contributed by atoms with Gasteiger partial charge in [0.15, 0.2) is 16.7 Å². The molecule has 0 atom stereocenters. The molecule has 1 fully saturated rings. The van der Waals surface area contributed by atoms with Gasteiger partial charge in [-0.2, -0.15) is 0 Å². The zero-order chi connectivity index (χ0) is 18.5. The highest BCUT2D eigenvalue weighted by Crippen LogP contribution is 2.32. The lowest BCUT2D eigenvalue weighted by Gasteiger charge is -2.09. The van der Waals surface area contributed by atoms with E-state index in [1.54, 1.807) is 7.11 Å². The Morgan fingerprint density at radius 1 is 1.23 bits per heavy atom. The second kappa shape index (κ2) is 8.42. The van der Waals surface area contributed by atoms with Gasteiger partial charge in [0.2, 0.25) is 0 Å². The van der Waals surface area contributed by atoms with Gasteiger partial charge in [-0.3, -0.25) is 4.79 Å². The molecule has 7 heteroatoms. The lowest BCUT2D eigenvalue weighted by molar-refractivity contribution is -0.115. The summed E-state index contributed by atoms with van der Waals surface area (Å²) < 4.78 is 11.8. The van der Waals surface area contributed by atoms with Crippen LogP contribution in [0.4, 0.5) is 5.69 Å². The topological polar surface area (TPSA) is 59.9 Å². The molecule has 0 aromatic heterocycles. The molecule has 0 radical (unpaired) electrons. The van der Waals surface area contributed by atoms with Gasteiger partial charge < -0.3 is 14.8 Å². The summed E-state index contributed by atoms with van der Waals surface area (Å²) in [6.45, 7) is 2.48. The minimum absolute atomic E-state index is 0.170. The first-order chi connectivity index (χ1) is 12.6. The maximum Gasteiger partial charge on any atom is 0.264 e. The molecule has 0 aliphatic carbocycles. The standard InChI is InChI=1S/C19H17BrN2O3S/c1-3-25-15-8-7-12(9-16(15)24-2)10-17-18(23)22-19(26-17)21-14-6-4-5-13(20)11-14/h4-11H,3H2,1-2H3,(H,21,22,23)/b17-10-. The summed E-state index contributed by atoms with van der Waals surface area (Å²) in [6, 6.07) is 13.2. The van der Waals surface area contributed by atoms with E-state index in [2.05, 4.69) is 26.2 Å². The molecule has 0 spiro atoms. The Balaban J connectivity index is 1.82. The third-order valence-electron chi connectivity index (χ3n) is 3.48. The van der Waals surface area contributed by atoms with Gasteiger partial charge in [-0.25, -0.2) is 4.99 Å². The number of methoxy groups -OCH3 is 1. The van der Waals surface area contributed by atoms with Crippen molar-refractivity contribution in [3.05, 3.63) is 57.4 Å². The van der Waals surface area contributed by atoms with Gasteiger partial charge in [-0.1, -0.05) is 28.1 Å². The molecule has 5 nitrogen and oxygen atoms in total. The summed E-state index contributed by atoms with van der Waals surface area (Å²) in [6.07, 6.45) is 1.81. The quantitative estimate of drug-likeness (QED) is 0.692. The van der Waals surface area contributed by atoms with E-state index in [1.807, 2.05) is 55.5 Å². The van der Waals surface area contributed by atoms with Gasteiger partial charge in [-0.15, -0.1) is 0 Å². The van der Waals surface area contributed by atoms with Crippen molar-refractivity contribution in [1.29, 1.82) is 0 Å². The fraction of sp³-hybridized carbons (Fsp3) is 0.158. The molecule has 134 valence electrons. The largest absolute Gasteiger partial charge is 0.493 e. The summed E-state index contributed by atoms with van der Waals surface area (Å²) in [5.41, 5.74) is 1.62. The van der Waals surface area contributed by atoms with E-state index in [1.165, 1.54) is 11.8 Å². The van der Waals surface area contributed by atoms with Gasteiger partial charge in [0.05, 0.1) is 24.3 Å². The maximum absolute atomic E-state index is 12.2. The van der Waals surface area contributed by atoms with Crippen LogP contribution in [-0.4, -0.2) is 24.8 Å². The van der Waals surface area contributed by atoms with Gasteiger partial charge in [0.25, 0.3) is 5.91 Å². The van der Waals surface area contributed by atoms with E-state index in [0.29, 0.717) is 28.2 Å². The highest BCUT2D eigenvalue weighted by molar-refractivity contribution is 9.10. The Morgan fingerprint density at radius 3 is 2.81 bits per heavy atom. The van der Waals surface area contributed by atoms with Crippen molar-refractivity contribution >= 4 is 50.5 Å². The monoisotopic (exact) mass is 432 g/mol. The SMILES string of the molecule is CCOc1ccc(/C=C2\SC(=Nc3cccc(Br)c3)NC2=O)cc1OC. The number of amides is 1. The lowest BCUT2D eigenvalue weighted by atomic mass is 10.2. The fourth-order valence-corrected chi connectivity index (χ4v) is 3.57. The molecule has 1 amide bonds. The number of halogens is 1. The Hall–Kier alpha value is -2.25. The fourth-order valence-electron chi connectivity index (χ4n) is 2.34. The predicted octanol–water partition coefficient (Wildman–Crippen LogP) is 4.75. The van der Waals surface area contributed by atoms with E-state index >= 15 is 0 Å². The Bertz CT molecular complexity index is 896. The molecule has 26 heavy (non-hydrogen) atoms. The van der Waals surface area contributed by atoms with E-state index in [4.69, 9.17) is 9.47 Å². The maximum atomic E-state index is 12.2. The molecule has 2 aromatic rings. The summed E-state index contributed by atoms with van der Waals surface area (Å²) in [4.78, 5) is 17.3. The third kappa shape index (κ3) is 4.47. The first-order valence-electron chi connectivity index (χ1n) is 7.95. The molecule has 2 aromatic carbocycles. The van der Waals surface area contributed by atoms with Crippen LogP contribution in [0.15, 0.2) is 56.8 Å². The number of aliphatic imine (C=N–C) groups is 1. The van der Waals surface area contributed by atoms with E-state index in [-0.39, 0.29) is 5.91 Å². The number of amidine groups is 1. The molecule has 3 rings (SSSR count). The Kier molecular flexibility index (Phi) is 6.00. The van der Waals surface area contributed by atoms with E-state index in [0.717, 1.165) is 15.7 Å². The van der Waals surface area contributed by atoms with Crippen molar-refractivity contribution in [2.75, 3.05) is 13.7 Å². The second-order valence-corrected chi connectivity index (χ2v) is 7.25. The minimum Gasteiger partial charge on any atom is -0.493 e. The number of carbonyl (C=O) groups is 1. The molecule has 1 aliphatic heterocycles. The van der Waals surface area contributed by atoms with E-state index < -0.39 is 0 Å². The van der Waals surface area contributed by atoms with Crippen LogP contribution in [0.1, 0.15) is 12.5 Å². The van der Waals surface area contributed by atoms with Crippen LogP contribution in [-0.2, 0) is 4.79 Å². The third-order valence-corrected chi connectivity index (χ3v) is 4.88. The Morgan fingerprint density at radius 2 is 2.08 bits per heavy atom. The van der Waals surface area contributed by atoms with Crippen LogP contribution in [0.5, 0.6) is 11.5 Å². The molecule has 0 unspecified atom stereocenters. The minimum atomic E-state index is -0.170. The van der Waals surface area contributed by atoms with E-state index in [9.17, 15) is 4.79 Å². The molecular weight excluding hydrogens is 416 g/mol. The normalized spacial score (nSPS) is 16.8. The molecule has 1 saturated heterocycles. The van der Waals surface area contributed by atoms with Crippen molar-refractivity contribution in [2.24, 2.45) is 4.99 Å². The van der Waals surface area contributed by atoms with Crippen molar-refractivity contribution in [3.63, 3.8) is 0 Å². The smallest absolute Gasteiger partial charge is 0.264 e. The number of nitrogens with zero attached hydrogens (tertiary/aromatic N) is 1. The highest BCUT2D eigenvalue weighted by atomic mass is 79.9. The summed E-state index contributed by atoms with van der Waals surface area (Å²) in [5, 5.41) is 3.34. The number of rotatable bonds is 5.